The van der Waals surface area contributed by atoms with Crippen LogP contribution in [0.4, 0.5) is 5.69 Å². The van der Waals surface area contributed by atoms with E-state index in [0.717, 1.165) is 11.9 Å². The van der Waals surface area contributed by atoms with E-state index >= 15 is 0 Å². The van der Waals surface area contributed by atoms with Gasteiger partial charge in [-0.25, -0.2) is 17.3 Å². The second kappa shape index (κ2) is 15.7. The van der Waals surface area contributed by atoms with Crippen molar-refractivity contribution in [1.29, 1.82) is 0 Å². The Morgan fingerprint density at radius 3 is 1.79 bits per heavy atom. The van der Waals surface area contributed by atoms with Gasteiger partial charge in [0.05, 0.1) is 17.6 Å². The van der Waals surface area contributed by atoms with Gasteiger partial charge in [0.2, 0.25) is 10.0 Å². The Balaban J connectivity index is -0.000000370. The summed E-state index contributed by atoms with van der Waals surface area (Å²) in [6.45, 7) is 0.977. The van der Waals surface area contributed by atoms with E-state index in [-0.39, 0.29) is 51.4 Å². The molecule has 0 saturated heterocycles. The van der Waals surface area contributed by atoms with Crippen molar-refractivity contribution in [2.45, 2.75) is 0 Å². The first-order valence-electron chi connectivity index (χ1n) is 5.53. The summed E-state index contributed by atoms with van der Waals surface area (Å²) in [4.78, 5) is 0. The summed E-state index contributed by atoms with van der Waals surface area (Å²) >= 11 is -2.86. The zero-order chi connectivity index (χ0) is 18.5. The van der Waals surface area contributed by atoms with Crippen molar-refractivity contribution >= 4 is 37.5 Å². The topological polar surface area (TPSA) is 193 Å². The first kappa shape index (κ1) is 29.3. The second-order valence-electron chi connectivity index (χ2n) is 3.62. The average molecular weight is 433 g/mol. The molecule has 1 rings (SSSR count). The molecule has 5 N–H and O–H groups in total. The van der Waals surface area contributed by atoms with Crippen LogP contribution in [0.2, 0.25) is 0 Å². The number of sulfonamides is 1. The first-order chi connectivity index (χ1) is 10.3. The maximum atomic E-state index is 10.7. The molecule has 1 aromatic rings. The number of para-hydroxylation sites is 1. The van der Waals surface area contributed by atoms with Crippen LogP contribution in [-0.4, -0.2) is 58.6 Å². The molecule has 0 heterocycles. The Kier molecular flexibility index (Phi) is 19.2. The van der Waals surface area contributed by atoms with E-state index in [1.165, 1.54) is 0 Å². The van der Waals surface area contributed by atoms with Crippen molar-refractivity contribution in [3.8, 4) is 0 Å². The molecule has 15 heteroatoms. The van der Waals surface area contributed by atoms with Crippen LogP contribution >= 0.6 is 0 Å². The van der Waals surface area contributed by atoms with E-state index in [4.69, 9.17) is 30.8 Å². The molecule has 1 aromatic carbocycles. The molecule has 0 saturated carbocycles. The van der Waals surface area contributed by atoms with Crippen LogP contribution in [0.25, 0.3) is 0 Å². The van der Waals surface area contributed by atoms with Gasteiger partial charge in [-0.05, 0) is 12.1 Å². The Hall–Kier alpha value is 0.506. The van der Waals surface area contributed by atoms with E-state index in [0.29, 0.717) is 13.1 Å². The number of rotatable bonds is 5. The van der Waals surface area contributed by atoms with Gasteiger partial charge in [0, 0.05) is 18.8 Å². The fourth-order valence-corrected chi connectivity index (χ4v) is 1.47. The molecule has 0 aromatic heterocycles. The normalized spacial score (nSPS) is 11.5. The Labute approximate surface area is 185 Å². The van der Waals surface area contributed by atoms with E-state index in [9.17, 15) is 8.42 Å². The number of nitrogens with one attached hydrogen (secondary N) is 2. The number of hydrogen-bond donors (Lipinski definition) is 5. The van der Waals surface area contributed by atoms with E-state index in [1.807, 2.05) is 30.3 Å². The van der Waals surface area contributed by atoms with Crippen LogP contribution < -0.4 is 61.4 Å². The molecule has 0 radical (unpaired) electrons. The molecular weight excluding hydrogens is 415 g/mol. The van der Waals surface area contributed by atoms with Gasteiger partial charge in [0.1, 0.15) is 0 Å². The zero-order valence-corrected chi connectivity index (χ0v) is 18.4. The molecule has 1 atom stereocenters. The van der Waals surface area contributed by atoms with E-state index in [1.54, 1.807) is 0 Å². The third-order valence-electron chi connectivity index (χ3n) is 1.59. The third kappa shape index (κ3) is 38.2. The smallest absolute Gasteiger partial charge is 0.750 e. The van der Waals surface area contributed by atoms with E-state index < -0.39 is 31.8 Å². The van der Waals surface area contributed by atoms with Gasteiger partial charge in [-0.2, -0.15) is 8.42 Å². The minimum Gasteiger partial charge on any atom is -0.750 e. The molecule has 0 fully saturated rings. The Morgan fingerprint density at radius 2 is 1.46 bits per heavy atom. The van der Waals surface area contributed by atoms with Crippen molar-refractivity contribution in [3.05, 3.63) is 30.3 Å². The number of anilines is 1. The molecule has 0 bridgehead atoms. The monoisotopic (exact) mass is 432 g/mol. The number of benzene rings is 1. The molecule has 0 amide bonds. The van der Waals surface area contributed by atoms with Crippen molar-refractivity contribution in [3.63, 3.8) is 0 Å². The summed E-state index contributed by atoms with van der Waals surface area (Å²) in [6.07, 6.45) is 1.15. The van der Waals surface area contributed by atoms with Gasteiger partial charge >= 0.3 is 61.8 Å². The Morgan fingerprint density at radius 1 is 1.08 bits per heavy atom. The predicted molar refractivity (Wildman–Crippen MR) is 83.5 cm³/mol. The van der Waals surface area contributed by atoms with Gasteiger partial charge < -0.3 is 14.4 Å². The SMILES string of the molecule is CS(=O)(=O)NCCNc1ccccc1.O=S(=O)(O)O.O=S([O-])O.[K+]. The predicted octanol–water partition coefficient (Wildman–Crippen LogP) is -3.66. The van der Waals surface area contributed by atoms with Crippen LogP contribution in [0.15, 0.2) is 30.3 Å². The summed E-state index contributed by atoms with van der Waals surface area (Å²) < 4.78 is 79.5. The van der Waals surface area contributed by atoms with Gasteiger partial charge in [0.15, 0.2) is 0 Å². The summed E-state index contributed by atoms with van der Waals surface area (Å²) in [5.74, 6) is 0. The van der Waals surface area contributed by atoms with E-state index in [2.05, 4.69) is 10.0 Å². The minimum absolute atomic E-state index is 0. The van der Waals surface area contributed by atoms with Gasteiger partial charge in [-0.3, -0.25) is 9.11 Å². The molecular formula is C9H17KN2O9S3. The van der Waals surface area contributed by atoms with Crippen molar-refractivity contribution in [1.82, 2.24) is 4.72 Å². The van der Waals surface area contributed by atoms with Gasteiger partial charge in [-0.15, -0.1) is 0 Å². The molecule has 136 valence electrons. The summed E-state index contributed by atoms with van der Waals surface area (Å²) in [5.41, 5.74) is 0.989. The summed E-state index contributed by atoms with van der Waals surface area (Å²) in [7, 11) is -7.74. The standard InChI is InChI=1S/C9H14N2O2S.K.H2O4S.H2O3S/c1-14(12,13)11-8-7-10-9-5-3-2-4-6-9;;1-5(2,3)4;1-4(2)3/h2-6,10-11H,7-8H2,1H3;;(H2,1,2,3,4);(H2,1,2,3)/q;+1;;/p-1. The zero-order valence-electron chi connectivity index (χ0n) is 12.8. The first-order valence-corrected chi connectivity index (χ1v) is 9.85. The summed E-state index contributed by atoms with van der Waals surface area (Å²) in [6, 6.07) is 9.64. The largest absolute Gasteiger partial charge is 1.00 e. The average Bonchev–Trinajstić information content (AvgIpc) is 2.32. The molecule has 0 aliphatic carbocycles. The minimum atomic E-state index is -4.67. The van der Waals surface area contributed by atoms with Crippen LogP contribution in [0, 0.1) is 0 Å². The van der Waals surface area contributed by atoms with Gasteiger partial charge in [0.25, 0.3) is 0 Å². The van der Waals surface area contributed by atoms with Gasteiger partial charge in [-0.1, -0.05) is 18.2 Å². The second-order valence-corrected chi connectivity index (χ2v) is 6.79. The molecule has 1 unspecified atom stereocenters. The fourth-order valence-electron chi connectivity index (χ4n) is 0.999. The fraction of sp³-hybridized carbons (Fsp3) is 0.333. The molecule has 0 spiro atoms. The van der Waals surface area contributed by atoms with Crippen molar-refractivity contribution in [2.24, 2.45) is 0 Å². The maximum absolute atomic E-state index is 10.7. The molecule has 0 aliphatic heterocycles. The van der Waals surface area contributed by atoms with Crippen LogP contribution in [-0.2, 0) is 31.8 Å². The molecule has 11 nitrogen and oxygen atoms in total. The van der Waals surface area contributed by atoms with Crippen molar-refractivity contribution < 1.29 is 90.6 Å². The van der Waals surface area contributed by atoms with Crippen LogP contribution in [0.5, 0.6) is 0 Å². The number of hydrogen-bond acceptors (Lipinski definition) is 7. The third-order valence-corrected chi connectivity index (χ3v) is 2.32. The quantitative estimate of drug-likeness (QED) is 0.134. The van der Waals surface area contributed by atoms with Crippen molar-refractivity contribution in [2.75, 3.05) is 24.7 Å². The maximum Gasteiger partial charge on any atom is 1.00 e. The molecule has 24 heavy (non-hydrogen) atoms. The van der Waals surface area contributed by atoms with Crippen LogP contribution in [0.1, 0.15) is 0 Å². The Bertz CT molecular complexity index is 640. The molecule has 0 aliphatic rings. The summed E-state index contributed by atoms with van der Waals surface area (Å²) in [5, 5.41) is 3.09. The van der Waals surface area contributed by atoms with Crippen LogP contribution in [0.3, 0.4) is 0 Å².